The largest absolute Gasteiger partial charge is 0.481 e. The molecule has 0 spiro atoms. The number of likely N-dealkylation sites (tertiary alicyclic amines) is 1. The summed E-state index contributed by atoms with van der Waals surface area (Å²) in [6.07, 6.45) is 0.265. The molecule has 0 bridgehead atoms. The first kappa shape index (κ1) is 19.3. The predicted octanol–water partition coefficient (Wildman–Crippen LogP) is 1.86. The number of ether oxygens (including phenoxy) is 1. The summed E-state index contributed by atoms with van der Waals surface area (Å²) in [4.78, 5) is 37.1. The van der Waals surface area contributed by atoms with Crippen LogP contribution in [0.1, 0.15) is 47.5 Å². The molecule has 1 atom stereocenters. The number of hydrogen-bond acceptors (Lipinski definition) is 4. The van der Waals surface area contributed by atoms with E-state index in [-0.39, 0.29) is 11.8 Å². The lowest BCUT2D eigenvalue weighted by molar-refractivity contribution is -0.146. The van der Waals surface area contributed by atoms with Crippen LogP contribution in [0, 0.1) is 11.8 Å². The Kier molecular flexibility index (Phi) is 6.41. The first-order chi connectivity index (χ1) is 10.5. The fourth-order valence-electron chi connectivity index (χ4n) is 2.49. The molecule has 1 fully saturated rings. The molecule has 2 amide bonds. The zero-order valence-electron chi connectivity index (χ0n) is 14.6. The van der Waals surface area contributed by atoms with Crippen molar-refractivity contribution in [2.24, 2.45) is 11.8 Å². The van der Waals surface area contributed by atoms with Crippen molar-refractivity contribution >= 4 is 18.0 Å². The minimum atomic E-state index is -0.815. The molecule has 0 unspecified atom stereocenters. The number of carboxylic acids is 1. The van der Waals surface area contributed by atoms with E-state index in [9.17, 15) is 14.4 Å². The van der Waals surface area contributed by atoms with Gasteiger partial charge in [0, 0.05) is 13.1 Å². The molecule has 1 saturated heterocycles. The van der Waals surface area contributed by atoms with Crippen molar-refractivity contribution in [3.05, 3.63) is 0 Å². The van der Waals surface area contributed by atoms with Crippen LogP contribution in [0.5, 0.6) is 0 Å². The Morgan fingerprint density at radius 3 is 2.09 bits per heavy atom. The average molecular weight is 328 g/mol. The fourth-order valence-corrected chi connectivity index (χ4v) is 2.49. The van der Waals surface area contributed by atoms with Crippen LogP contribution in [0.4, 0.5) is 4.79 Å². The SMILES string of the molecule is CC(C)[C@H](NC(=O)OC(C)(C)C)C(=O)N1CCC(C(=O)O)CC1. The number of nitrogens with zero attached hydrogens (tertiary/aromatic N) is 1. The summed E-state index contributed by atoms with van der Waals surface area (Å²) in [7, 11) is 0. The Morgan fingerprint density at radius 1 is 1.17 bits per heavy atom. The minimum absolute atomic E-state index is 0.0905. The van der Waals surface area contributed by atoms with Gasteiger partial charge in [-0.1, -0.05) is 13.8 Å². The standard InChI is InChI=1S/C16H28N2O5/c1-10(2)12(17-15(22)23-16(3,4)5)13(19)18-8-6-11(7-9-18)14(20)21/h10-12H,6-9H2,1-5H3,(H,17,22)(H,20,21)/t12-/m0/s1. The van der Waals surface area contributed by atoms with Gasteiger partial charge in [0.05, 0.1) is 5.92 Å². The maximum atomic E-state index is 12.6. The van der Waals surface area contributed by atoms with Gasteiger partial charge in [0.25, 0.3) is 0 Å². The summed E-state index contributed by atoms with van der Waals surface area (Å²) in [5.74, 6) is -1.48. The molecular weight excluding hydrogens is 300 g/mol. The van der Waals surface area contributed by atoms with Crippen LogP contribution in [-0.2, 0) is 14.3 Å². The summed E-state index contributed by atoms with van der Waals surface area (Å²) < 4.78 is 5.21. The van der Waals surface area contributed by atoms with E-state index in [4.69, 9.17) is 9.84 Å². The van der Waals surface area contributed by atoms with E-state index in [1.54, 1.807) is 25.7 Å². The fraction of sp³-hybridized carbons (Fsp3) is 0.812. The molecule has 0 aromatic heterocycles. The summed E-state index contributed by atoms with van der Waals surface area (Å²) >= 11 is 0. The first-order valence-corrected chi connectivity index (χ1v) is 8.02. The number of piperidine rings is 1. The van der Waals surface area contributed by atoms with Gasteiger partial charge in [-0.15, -0.1) is 0 Å². The zero-order valence-corrected chi connectivity index (χ0v) is 14.6. The third-order valence-corrected chi connectivity index (χ3v) is 3.76. The van der Waals surface area contributed by atoms with E-state index in [1.165, 1.54) is 0 Å². The second-order valence-corrected chi connectivity index (χ2v) is 7.31. The van der Waals surface area contributed by atoms with Crippen molar-refractivity contribution in [2.75, 3.05) is 13.1 Å². The van der Waals surface area contributed by atoms with Crippen LogP contribution >= 0.6 is 0 Å². The van der Waals surface area contributed by atoms with Crippen molar-refractivity contribution in [3.63, 3.8) is 0 Å². The number of hydrogen-bond donors (Lipinski definition) is 2. The van der Waals surface area contributed by atoms with Crippen LogP contribution in [0.2, 0.25) is 0 Å². The van der Waals surface area contributed by atoms with Crippen LogP contribution in [0.3, 0.4) is 0 Å². The highest BCUT2D eigenvalue weighted by atomic mass is 16.6. The number of rotatable bonds is 4. The Bertz CT molecular complexity index is 448. The van der Waals surface area contributed by atoms with Gasteiger partial charge in [0.2, 0.25) is 5.91 Å². The molecule has 132 valence electrons. The third-order valence-electron chi connectivity index (χ3n) is 3.76. The zero-order chi connectivity index (χ0) is 17.8. The number of amides is 2. The molecule has 0 saturated carbocycles. The molecule has 0 radical (unpaired) electrons. The van der Waals surface area contributed by atoms with Gasteiger partial charge in [-0.05, 0) is 39.5 Å². The Morgan fingerprint density at radius 2 is 1.70 bits per heavy atom. The number of carbonyl (C=O) groups is 3. The molecule has 0 aliphatic carbocycles. The van der Waals surface area contributed by atoms with Gasteiger partial charge in [-0.3, -0.25) is 9.59 Å². The lowest BCUT2D eigenvalue weighted by Gasteiger charge is -2.34. The molecule has 1 heterocycles. The van der Waals surface area contributed by atoms with Crippen molar-refractivity contribution in [1.82, 2.24) is 10.2 Å². The lowest BCUT2D eigenvalue weighted by atomic mass is 9.95. The molecule has 1 aliphatic heterocycles. The van der Waals surface area contributed by atoms with Gasteiger partial charge in [0.1, 0.15) is 11.6 Å². The molecule has 2 N–H and O–H groups in total. The summed E-state index contributed by atoms with van der Waals surface area (Å²) in [6, 6.07) is -0.675. The topological polar surface area (TPSA) is 95.9 Å². The Balaban J connectivity index is 2.65. The van der Waals surface area contributed by atoms with E-state index >= 15 is 0 Å². The molecule has 1 rings (SSSR count). The van der Waals surface area contributed by atoms with Crippen LogP contribution in [0.15, 0.2) is 0 Å². The second kappa shape index (κ2) is 7.66. The monoisotopic (exact) mass is 328 g/mol. The Hall–Kier alpha value is -1.79. The van der Waals surface area contributed by atoms with Crippen LogP contribution in [0.25, 0.3) is 0 Å². The third kappa shape index (κ3) is 6.08. The van der Waals surface area contributed by atoms with E-state index in [2.05, 4.69) is 5.32 Å². The van der Waals surface area contributed by atoms with Crippen molar-refractivity contribution < 1.29 is 24.2 Å². The smallest absolute Gasteiger partial charge is 0.408 e. The maximum absolute atomic E-state index is 12.6. The quantitative estimate of drug-likeness (QED) is 0.821. The van der Waals surface area contributed by atoms with E-state index in [1.807, 2.05) is 13.8 Å². The maximum Gasteiger partial charge on any atom is 0.408 e. The molecule has 0 aromatic carbocycles. The van der Waals surface area contributed by atoms with Gasteiger partial charge in [-0.25, -0.2) is 4.79 Å². The van der Waals surface area contributed by atoms with E-state index in [0.29, 0.717) is 25.9 Å². The molecule has 1 aliphatic rings. The number of alkyl carbamates (subject to hydrolysis) is 1. The second-order valence-electron chi connectivity index (χ2n) is 7.31. The number of carbonyl (C=O) groups excluding carboxylic acids is 2. The summed E-state index contributed by atoms with van der Waals surface area (Å²) in [5.41, 5.74) is -0.630. The summed E-state index contributed by atoms with van der Waals surface area (Å²) in [6.45, 7) is 9.78. The summed E-state index contributed by atoms with van der Waals surface area (Å²) in [5, 5.41) is 11.6. The van der Waals surface area contributed by atoms with Gasteiger partial charge in [-0.2, -0.15) is 0 Å². The molecule has 7 heteroatoms. The highest BCUT2D eigenvalue weighted by Gasteiger charge is 2.33. The highest BCUT2D eigenvalue weighted by molar-refractivity contribution is 5.86. The normalized spacial score (nSPS) is 17.7. The number of carboxylic acid groups (broad SMARTS) is 1. The molecule has 7 nitrogen and oxygen atoms in total. The molecular formula is C16H28N2O5. The number of nitrogens with one attached hydrogen (secondary N) is 1. The van der Waals surface area contributed by atoms with Gasteiger partial charge in [0.15, 0.2) is 0 Å². The van der Waals surface area contributed by atoms with Crippen LogP contribution < -0.4 is 5.32 Å². The predicted molar refractivity (Wildman–Crippen MR) is 84.9 cm³/mol. The number of aliphatic carboxylic acids is 1. The van der Waals surface area contributed by atoms with Crippen molar-refractivity contribution in [2.45, 2.75) is 59.1 Å². The van der Waals surface area contributed by atoms with Gasteiger partial charge < -0.3 is 20.1 Å². The van der Waals surface area contributed by atoms with E-state index in [0.717, 1.165) is 0 Å². The first-order valence-electron chi connectivity index (χ1n) is 8.02. The average Bonchev–Trinajstić information content (AvgIpc) is 2.42. The molecule has 23 heavy (non-hydrogen) atoms. The van der Waals surface area contributed by atoms with E-state index < -0.39 is 29.6 Å². The van der Waals surface area contributed by atoms with Crippen molar-refractivity contribution in [3.8, 4) is 0 Å². The molecule has 0 aromatic rings. The Labute approximate surface area is 137 Å². The van der Waals surface area contributed by atoms with Crippen molar-refractivity contribution in [1.29, 1.82) is 0 Å². The highest BCUT2D eigenvalue weighted by Crippen LogP contribution is 2.19. The lowest BCUT2D eigenvalue weighted by Crippen LogP contribution is -2.54. The van der Waals surface area contributed by atoms with Gasteiger partial charge >= 0.3 is 12.1 Å². The minimum Gasteiger partial charge on any atom is -0.481 e. The van der Waals surface area contributed by atoms with Crippen LogP contribution in [-0.4, -0.2) is 52.7 Å².